The van der Waals surface area contributed by atoms with Crippen molar-refractivity contribution in [3.8, 4) is 17.1 Å². The van der Waals surface area contributed by atoms with E-state index in [0.29, 0.717) is 22.4 Å². The van der Waals surface area contributed by atoms with Crippen LogP contribution in [0.2, 0.25) is 0 Å². The predicted octanol–water partition coefficient (Wildman–Crippen LogP) is 7.84. The molecule has 208 valence electrons. The van der Waals surface area contributed by atoms with E-state index in [-0.39, 0.29) is 23.4 Å². The topological polar surface area (TPSA) is 56.5 Å². The fourth-order valence-corrected chi connectivity index (χ4v) is 4.67. The van der Waals surface area contributed by atoms with Gasteiger partial charge in [-0.15, -0.1) is 0 Å². The maximum Gasteiger partial charge on any atom is 0.416 e. The van der Waals surface area contributed by atoms with E-state index in [1.54, 1.807) is 48.5 Å². The summed E-state index contributed by atoms with van der Waals surface area (Å²) in [5.74, 6) is -0.0914. The molecule has 0 atom stereocenters. The number of alkyl halides is 3. The van der Waals surface area contributed by atoms with E-state index >= 15 is 0 Å². The van der Waals surface area contributed by atoms with Crippen molar-refractivity contribution in [3.63, 3.8) is 0 Å². The number of ether oxygens (including phenoxy) is 1. The molecule has 42 heavy (non-hydrogen) atoms. The van der Waals surface area contributed by atoms with Crippen LogP contribution in [0.3, 0.4) is 0 Å². The van der Waals surface area contributed by atoms with E-state index in [1.165, 1.54) is 24.4 Å². The lowest BCUT2D eigenvalue weighted by Gasteiger charge is -2.14. The van der Waals surface area contributed by atoms with Crippen LogP contribution in [0.5, 0.6) is 5.75 Å². The molecule has 0 unspecified atom stereocenters. The van der Waals surface area contributed by atoms with Crippen molar-refractivity contribution in [3.05, 3.63) is 142 Å². The van der Waals surface area contributed by atoms with Crippen molar-refractivity contribution in [2.75, 3.05) is 0 Å². The van der Waals surface area contributed by atoms with E-state index < -0.39 is 23.1 Å². The molecule has 6 aromatic rings. The smallest absolute Gasteiger partial charge is 0.416 e. The summed E-state index contributed by atoms with van der Waals surface area (Å²) in [5, 5.41) is 6.31. The van der Waals surface area contributed by atoms with Crippen LogP contribution in [0.25, 0.3) is 33.1 Å². The van der Waals surface area contributed by atoms with Gasteiger partial charge in [-0.3, -0.25) is 4.79 Å². The Morgan fingerprint density at radius 2 is 1.57 bits per heavy atom. The Hall–Kier alpha value is -5.31. The van der Waals surface area contributed by atoms with Gasteiger partial charge < -0.3 is 4.74 Å². The first-order valence-electron chi connectivity index (χ1n) is 12.9. The zero-order valence-electron chi connectivity index (χ0n) is 21.8. The molecule has 0 radical (unpaired) electrons. The minimum atomic E-state index is -4.59. The normalized spacial score (nSPS) is 11.9. The lowest BCUT2D eigenvalue weighted by atomic mass is 10.0. The molecule has 6 rings (SSSR count). The molecule has 5 nitrogen and oxygen atoms in total. The molecule has 0 saturated carbocycles. The first kappa shape index (κ1) is 26.9. The Morgan fingerprint density at radius 3 is 2.38 bits per heavy atom. The van der Waals surface area contributed by atoms with Gasteiger partial charge >= 0.3 is 6.18 Å². The zero-order valence-corrected chi connectivity index (χ0v) is 21.8. The van der Waals surface area contributed by atoms with Crippen molar-refractivity contribution in [2.45, 2.75) is 12.8 Å². The Kier molecular flexibility index (Phi) is 7.00. The quantitative estimate of drug-likeness (QED) is 0.152. The third-order valence-corrected chi connectivity index (χ3v) is 6.78. The predicted molar refractivity (Wildman–Crippen MR) is 154 cm³/mol. The van der Waals surface area contributed by atoms with Crippen LogP contribution < -0.4 is 10.3 Å². The molecule has 0 bridgehead atoms. The number of fused-ring (bicyclic) bond motifs is 2. The molecule has 1 aromatic heterocycles. The molecule has 1 heterocycles. The van der Waals surface area contributed by atoms with Gasteiger partial charge in [0.1, 0.15) is 18.2 Å². The van der Waals surface area contributed by atoms with Crippen LogP contribution >= 0.6 is 0 Å². The van der Waals surface area contributed by atoms with Crippen molar-refractivity contribution >= 4 is 27.9 Å². The summed E-state index contributed by atoms with van der Waals surface area (Å²) in [7, 11) is 0. The summed E-state index contributed by atoms with van der Waals surface area (Å²) in [6, 6.07) is 28.4. The molecule has 0 amide bonds. The van der Waals surface area contributed by atoms with Crippen LogP contribution in [-0.4, -0.2) is 15.9 Å². The van der Waals surface area contributed by atoms with Crippen LogP contribution in [0.15, 0.2) is 119 Å². The molecule has 0 fully saturated rings. The van der Waals surface area contributed by atoms with Crippen LogP contribution in [0.4, 0.5) is 17.6 Å². The third kappa shape index (κ3) is 5.24. The molecule has 0 N–H and O–H groups in total. The average Bonchev–Trinajstić information content (AvgIpc) is 3.00. The van der Waals surface area contributed by atoms with E-state index in [0.717, 1.165) is 27.6 Å². The zero-order chi connectivity index (χ0) is 29.3. The van der Waals surface area contributed by atoms with Gasteiger partial charge in [0.2, 0.25) is 0 Å². The minimum absolute atomic E-state index is 0.0567. The first-order chi connectivity index (χ1) is 20.3. The summed E-state index contributed by atoms with van der Waals surface area (Å²) in [6.07, 6.45) is -3.18. The number of rotatable bonds is 6. The molecule has 0 aliphatic rings. The lowest BCUT2D eigenvalue weighted by molar-refractivity contribution is -0.137. The van der Waals surface area contributed by atoms with Gasteiger partial charge in [0.15, 0.2) is 5.82 Å². The molecule has 0 aliphatic heterocycles. The Balaban J connectivity index is 1.51. The van der Waals surface area contributed by atoms with E-state index in [9.17, 15) is 22.4 Å². The van der Waals surface area contributed by atoms with E-state index in [4.69, 9.17) is 4.74 Å². The molecule has 0 spiro atoms. The maximum absolute atomic E-state index is 14.3. The second kappa shape index (κ2) is 10.9. The Morgan fingerprint density at radius 1 is 0.833 bits per heavy atom. The Bertz CT molecular complexity index is 2030. The summed E-state index contributed by atoms with van der Waals surface area (Å²) >= 11 is 0. The van der Waals surface area contributed by atoms with Crippen molar-refractivity contribution < 1.29 is 22.3 Å². The summed E-state index contributed by atoms with van der Waals surface area (Å²) in [6.45, 7) is -0.0567. The number of halogens is 4. The van der Waals surface area contributed by atoms with Gasteiger partial charge in [0.25, 0.3) is 5.56 Å². The molecule has 0 aliphatic carbocycles. The average molecular weight is 568 g/mol. The lowest BCUT2D eigenvalue weighted by Crippen LogP contribution is -2.20. The highest BCUT2D eigenvalue weighted by Gasteiger charge is 2.31. The first-order valence-corrected chi connectivity index (χ1v) is 12.9. The Labute approximate surface area is 237 Å². The van der Waals surface area contributed by atoms with Gasteiger partial charge in [0.05, 0.1) is 22.7 Å². The van der Waals surface area contributed by atoms with Gasteiger partial charge in [0, 0.05) is 16.7 Å². The number of hydrogen-bond donors (Lipinski definition) is 0. The molecular weight excluding hydrogens is 546 g/mol. The monoisotopic (exact) mass is 567 g/mol. The fraction of sp³-hybridized carbons (Fsp3) is 0.0606. The second-order valence-electron chi connectivity index (χ2n) is 9.47. The molecule has 9 heteroatoms. The highest BCUT2D eigenvalue weighted by Crippen LogP contribution is 2.32. The van der Waals surface area contributed by atoms with Crippen LogP contribution in [0.1, 0.15) is 16.7 Å². The minimum Gasteiger partial charge on any atom is -0.488 e. The number of nitrogens with zero attached hydrogens (tertiary/aromatic N) is 3. The van der Waals surface area contributed by atoms with Gasteiger partial charge in [-0.05, 0) is 47.2 Å². The highest BCUT2D eigenvalue weighted by atomic mass is 19.4. The number of hydrogen-bond acceptors (Lipinski definition) is 4. The SMILES string of the molecule is O=c1c2ccccc2nc(-c2cccc(C(F)(F)F)c2)n1N=Cc1c(OCc2ccccc2F)ccc2ccccc12. The molecule has 0 saturated heterocycles. The largest absolute Gasteiger partial charge is 0.488 e. The second-order valence-corrected chi connectivity index (χ2v) is 9.47. The number of para-hydroxylation sites is 1. The highest BCUT2D eigenvalue weighted by molar-refractivity contribution is 6.02. The van der Waals surface area contributed by atoms with Crippen LogP contribution in [0, 0.1) is 5.82 Å². The number of benzene rings is 5. The molecular formula is C33H21F4N3O2. The van der Waals surface area contributed by atoms with Gasteiger partial charge in [-0.2, -0.15) is 22.9 Å². The third-order valence-electron chi connectivity index (χ3n) is 6.78. The van der Waals surface area contributed by atoms with Gasteiger partial charge in [-0.1, -0.05) is 72.8 Å². The van der Waals surface area contributed by atoms with Gasteiger partial charge in [-0.25, -0.2) is 9.37 Å². The standard InChI is InChI=1S/C33H21F4N3O2/c34-28-14-5-2-9-23(28)20-42-30-17-16-21-8-1-3-12-25(21)27(30)19-38-40-31(22-10-7-11-24(18-22)33(35,36)37)39-29-15-6-4-13-26(29)32(40)41/h1-19H,20H2. The van der Waals surface area contributed by atoms with Crippen LogP contribution in [-0.2, 0) is 12.8 Å². The summed E-state index contributed by atoms with van der Waals surface area (Å²) in [5.41, 5.74) is -0.192. The van der Waals surface area contributed by atoms with E-state index in [2.05, 4.69) is 10.1 Å². The maximum atomic E-state index is 14.3. The number of aromatic nitrogens is 2. The fourth-order valence-electron chi connectivity index (χ4n) is 4.67. The van der Waals surface area contributed by atoms with Crippen molar-refractivity contribution in [1.82, 2.24) is 9.66 Å². The summed E-state index contributed by atoms with van der Waals surface area (Å²) < 4.78 is 61.9. The van der Waals surface area contributed by atoms with Crippen molar-refractivity contribution in [1.29, 1.82) is 0 Å². The summed E-state index contributed by atoms with van der Waals surface area (Å²) in [4.78, 5) is 18.2. The van der Waals surface area contributed by atoms with Crippen molar-refractivity contribution in [2.24, 2.45) is 5.10 Å². The van der Waals surface area contributed by atoms with E-state index in [1.807, 2.05) is 30.3 Å². The molecule has 5 aromatic carbocycles.